The number of rotatable bonds is 8. The number of para-hydroxylation sites is 1. The number of nitrogens with zero attached hydrogens (tertiary/aromatic N) is 3. The minimum atomic E-state index is -0.825. The number of esters is 1. The molecule has 250 valence electrons. The average molecular weight is 745 g/mol. The first-order valence-corrected chi connectivity index (χ1v) is 17.8. The van der Waals surface area contributed by atoms with Crippen LogP contribution in [-0.4, -0.2) is 28.3 Å². The number of thiazole rings is 1. The second kappa shape index (κ2) is 13.9. The zero-order valence-electron chi connectivity index (χ0n) is 28.0. The quantitative estimate of drug-likeness (QED) is 0.148. The highest BCUT2D eigenvalue weighted by molar-refractivity contribution is 9.10. The largest absolute Gasteiger partial charge is 0.496 e. The van der Waals surface area contributed by atoms with Crippen LogP contribution in [0.1, 0.15) is 37.9 Å². The topological polar surface area (TPSA) is 74.8 Å². The average Bonchev–Trinajstić information content (AvgIpc) is 3.65. The molecule has 0 bridgehead atoms. The number of hydrogen-bond acceptors (Lipinski definition) is 6. The molecule has 0 unspecified atom stereocenters. The Bertz CT molecular complexity index is 2430. The number of fused-ring (bicyclic) bond motifs is 1. The summed E-state index contributed by atoms with van der Waals surface area (Å²) in [6.45, 7) is 5.38. The van der Waals surface area contributed by atoms with E-state index in [1.165, 1.54) is 11.3 Å². The molecule has 50 heavy (non-hydrogen) atoms. The lowest BCUT2D eigenvalue weighted by Gasteiger charge is -2.26. The van der Waals surface area contributed by atoms with Crippen LogP contribution in [0.3, 0.4) is 0 Å². The molecule has 4 aromatic carbocycles. The van der Waals surface area contributed by atoms with Crippen LogP contribution in [0.25, 0.3) is 34.3 Å². The van der Waals surface area contributed by atoms with E-state index in [-0.39, 0.29) is 11.7 Å². The number of benzene rings is 4. The summed E-state index contributed by atoms with van der Waals surface area (Å²) in [5, 5.41) is 0. The number of allylic oxidation sites excluding steroid dienone is 1. The van der Waals surface area contributed by atoms with Crippen molar-refractivity contribution in [3.05, 3.63) is 162 Å². The predicted molar refractivity (Wildman–Crippen MR) is 202 cm³/mol. The molecule has 0 aliphatic carbocycles. The summed E-state index contributed by atoms with van der Waals surface area (Å²) in [6.07, 6.45) is 1.58. The molecular formula is C41H34BrN3O4S. The number of methoxy groups -OCH3 is 1. The molecule has 0 saturated carbocycles. The van der Waals surface area contributed by atoms with E-state index < -0.39 is 12.0 Å². The smallest absolute Gasteiger partial charge is 0.338 e. The predicted octanol–water partition coefficient (Wildman–Crippen LogP) is 8.08. The van der Waals surface area contributed by atoms with Crippen molar-refractivity contribution in [1.82, 2.24) is 9.13 Å². The highest BCUT2D eigenvalue weighted by Gasteiger charge is 2.35. The zero-order valence-corrected chi connectivity index (χ0v) is 30.4. The third kappa shape index (κ3) is 6.19. The second-order valence-electron chi connectivity index (χ2n) is 12.2. The van der Waals surface area contributed by atoms with Gasteiger partial charge in [0.2, 0.25) is 0 Å². The van der Waals surface area contributed by atoms with Crippen molar-refractivity contribution in [3.63, 3.8) is 0 Å². The van der Waals surface area contributed by atoms with Crippen molar-refractivity contribution in [1.29, 1.82) is 0 Å². The van der Waals surface area contributed by atoms with E-state index in [9.17, 15) is 9.59 Å². The highest BCUT2D eigenvalue weighted by atomic mass is 79.9. The Morgan fingerprint density at radius 1 is 0.900 bits per heavy atom. The molecule has 0 saturated heterocycles. The van der Waals surface area contributed by atoms with E-state index in [1.807, 2.05) is 78.9 Å². The molecule has 0 spiro atoms. The van der Waals surface area contributed by atoms with Gasteiger partial charge in [0.25, 0.3) is 5.56 Å². The first kappa shape index (κ1) is 33.3. The molecule has 7 nitrogen and oxygen atoms in total. The van der Waals surface area contributed by atoms with E-state index in [0.29, 0.717) is 31.9 Å². The molecule has 2 aromatic heterocycles. The van der Waals surface area contributed by atoms with Crippen LogP contribution in [0.2, 0.25) is 0 Å². The molecule has 1 aliphatic heterocycles. The fraction of sp³-hybridized carbons (Fsp3) is 0.146. The van der Waals surface area contributed by atoms with Crippen LogP contribution in [0.15, 0.2) is 141 Å². The first-order chi connectivity index (χ1) is 24.2. The summed E-state index contributed by atoms with van der Waals surface area (Å²) >= 11 is 4.88. The molecule has 0 radical (unpaired) electrons. The Hall–Kier alpha value is -5.25. The van der Waals surface area contributed by atoms with Gasteiger partial charge in [-0.1, -0.05) is 106 Å². The number of halogens is 1. The molecular weight excluding hydrogens is 710 g/mol. The summed E-state index contributed by atoms with van der Waals surface area (Å²) in [6, 6.07) is 37.5. The second-order valence-corrected chi connectivity index (χ2v) is 14.1. The van der Waals surface area contributed by atoms with Gasteiger partial charge in [0.15, 0.2) is 4.80 Å². The fourth-order valence-corrected chi connectivity index (χ4v) is 7.83. The third-order valence-corrected chi connectivity index (χ3v) is 9.99. The van der Waals surface area contributed by atoms with Crippen LogP contribution >= 0.6 is 27.3 Å². The summed E-state index contributed by atoms with van der Waals surface area (Å²) in [5.74, 6) is 0.0116. The molecule has 0 N–H and O–H groups in total. The normalized spacial score (nSPS) is 14.4. The van der Waals surface area contributed by atoms with E-state index >= 15 is 0 Å². The Morgan fingerprint density at radius 3 is 2.18 bits per heavy atom. The van der Waals surface area contributed by atoms with Crippen molar-refractivity contribution in [2.75, 3.05) is 7.11 Å². The maximum Gasteiger partial charge on any atom is 0.338 e. The lowest BCUT2D eigenvalue weighted by Crippen LogP contribution is -2.40. The van der Waals surface area contributed by atoms with Gasteiger partial charge < -0.3 is 14.0 Å². The van der Waals surface area contributed by atoms with Gasteiger partial charge >= 0.3 is 5.97 Å². The van der Waals surface area contributed by atoms with E-state index in [1.54, 1.807) is 32.4 Å². The monoisotopic (exact) mass is 743 g/mol. The molecule has 0 fully saturated rings. The fourth-order valence-electron chi connectivity index (χ4n) is 6.41. The molecule has 9 heteroatoms. The first-order valence-electron chi connectivity index (χ1n) is 16.2. The molecule has 3 heterocycles. The summed E-state index contributed by atoms with van der Waals surface area (Å²) < 4.78 is 16.6. The van der Waals surface area contributed by atoms with Gasteiger partial charge in [-0.15, -0.1) is 0 Å². The SMILES string of the molecule is COc1ccc(Br)cc1[C@@H]1C(C(=O)OC(C)C)=C(C)N=c2s/c(=C\c3cc(-c4ccccc4)n(-c4ccccc4)c3-c3ccccc3)c(=O)n21. The van der Waals surface area contributed by atoms with Crippen molar-refractivity contribution in [3.8, 4) is 34.0 Å². The van der Waals surface area contributed by atoms with Crippen LogP contribution in [0.5, 0.6) is 5.75 Å². The standard InChI is InChI=1S/C41H34BrN3O4S/c1-25(2)49-40(47)36-26(3)43-41-45(38(36)32-24-30(42)20-21-34(32)48-4)39(46)35(50-41)23-29-22-33(27-14-8-5-9-15-27)44(31-18-12-7-13-19-31)37(29)28-16-10-6-11-17-28/h5-25,38H,1-4H3/b35-23-/t38-/m1/s1. The summed E-state index contributed by atoms with van der Waals surface area (Å²) in [4.78, 5) is 33.7. The zero-order chi connectivity index (χ0) is 34.9. The molecule has 1 aliphatic rings. The summed E-state index contributed by atoms with van der Waals surface area (Å²) in [5.41, 5.74) is 7.01. The Kier molecular flexibility index (Phi) is 9.27. The van der Waals surface area contributed by atoms with Gasteiger partial charge in [-0.2, -0.15) is 0 Å². The third-order valence-electron chi connectivity index (χ3n) is 8.52. The van der Waals surface area contributed by atoms with E-state index in [2.05, 4.69) is 63.0 Å². The Labute approximate surface area is 302 Å². The maximum atomic E-state index is 14.7. The lowest BCUT2D eigenvalue weighted by molar-refractivity contribution is -0.143. The van der Waals surface area contributed by atoms with Crippen molar-refractivity contribution in [2.24, 2.45) is 4.99 Å². The van der Waals surface area contributed by atoms with Crippen LogP contribution < -0.4 is 19.6 Å². The number of carbonyl (C=O) groups is 1. The molecule has 6 aromatic rings. The van der Waals surface area contributed by atoms with Crippen molar-refractivity contribution < 1.29 is 14.3 Å². The van der Waals surface area contributed by atoms with Crippen molar-refractivity contribution >= 4 is 39.3 Å². The van der Waals surface area contributed by atoms with Crippen LogP contribution in [0.4, 0.5) is 0 Å². The number of aromatic nitrogens is 2. The Morgan fingerprint density at radius 2 is 1.54 bits per heavy atom. The van der Waals surface area contributed by atoms with E-state index in [4.69, 9.17) is 14.5 Å². The summed E-state index contributed by atoms with van der Waals surface area (Å²) in [7, 11) is 1.58. The van der Waals surface area contributed by atoms with Gasteiger partial charge in [-0.3, -0.25) is 9.36 Å². The highest BCUT2D eigenvalue weighted by Crippen LogP contribution is 2.39. The van der Waals surface area contributed by atoms with Gasteiger partial charge in [0, 0.05) is 21.3 Å². The molecule has 1 atom stereocenters. The molecule has 0 amide bonds. The minimum absolute atomic E-state index is 0.268. The van der Waals surface area contributed by atoms with Crippen LogP contribution in [-0.2, 0) is 9.53 Å². The lowest BCUT2D eigenvalue weighted by atomic mass is 9.95. The van der Waals surface area contributed by atoms with Gasteiger partial charge in [-0.05, 0) is 74.4 Å². The number of hydrogen-bond donors (Lipinski definition) is 0. The Balaban J connectivity index is 1.52. The van der Waals surface area contributed by atoms with Crippen LogP contribution in [0, 0.1) is 0 Å². The maximum absolute atomic E-state index is 14.7. The number of carbonyl (C=O) groups excluding carboxylic acids is 1. The number of ether oxygens (including phenoxy) is 2. The van der Waals surface area contributed by atoms with E-state index in [0.717, 1.165) is 38.2 Å². The van der Waals surface area contributed by atoms with Gasteiger partial charge in [-0.25, -0.2) is 9.79 Å². The van der Waals surface area contributed by atoms with Gasteiger partial charge in [0.05, 0.1) is 40.4 Å². The van der Waals surface area contributed by atoms with Gasteiger partial charge in [0.1, 0.15) is 11.8 Å². The van der Waals surface area contributed by atoms with Crippen molar-refractivity contribution in [2.45, 2.75) is 32.9 Å². The molecule has 7 rings (SSSR count). The minimum Gasteiger partial charge on any atom is -0.496 e.